The number of benzene rings is 2. The highest BCUT2D eigenvalue weighted by atomic mass is 16.3. The van der Waals surface area contributed by atoms with E-state index >= 15 is 0 Å². The van der Waals surface area contributed by atoms with Gasteiger partial charge in [-0.1, -0.05) is 30.3 Å². The summed E-state index contributed by atoms with van der Waals surface area (Å²) < 4.78 is 7.18. The van der Waals surface area contributed by atoms with Gasteiger partial charge in [0.2, 0.25) is 5.91 Å². The van der Waals surface area contributed by atoms with Gasteiger partial charge < -0.3 is 14.3 Å². The second-order valence-corrected chi connectivity index (χ2v) is 6.34. The number of furan rings is 1. The molecule has 1 amide bonds. The lowest BCUT2D eigenvalue weighted by molar-refractivity contribution is -0.121. The summed E-state index contributed by atoms with van der Waals surface area (Å²) >= 11 is 0. The summed E-state index contributed by atoms with van der Waals surface area (Å²) in [6, 6.07) is 19.3. The van der Waals surface area contributed by atoms with Gasteiger partial charge in [0, 0.05) is 5.39 Å². The minimum Gasteiger partial charge on any atom is -0.467 e. The number of para-hydroxylation sites is 3. The number of carbonyl (C=O) groups excluding carboxylic acids is 1. The van der Waals surface area contributed by atoms with Crippen LogP contribution in [0.3, 0.4) is 0 Å². The number of hydrogen-bond acceptors (Lipinski definition) is 4. The Morgan fingerprint density at radius 2 is 1.74 bits per heavy atom. The predicted molar refractivity (Wildman–Crippen MR) is 103 cm³/mol. The molecule has 2 aromatic carbocycles. The van der Waals surface area contributed by atoms with Crippen LogP contribution in [-0.4, -0.2) is 20.4 Å². The first-order valence-electron chi connectivity index (χ1n) is 8.72. The van der Waals surface area contributed by atoms with Gasteiger partial charge in [0.25, 0.3) is 0 Å². The summed E-state index contributed by atoms with van der Waals surface area (Å²) in [4.78, 5) is 22.1. The number of amides is 1. The van der Waals surface area contributed by atoms with E-state index in [0.29, 0.717) is 12.2 Å². The number of nitrogens with zero attached hydrogens (tertiary/aromatic N) is 3. The van der Waals surface area contributed by atoms with E-state index in [-0.39, 0.29) is 12.5 Å². The smallest absolute Gasteiger partial charge is 0.240 e. The standard InChI is InChI=1S/C21H16N4O2/c26-19(22-12-14-6-5-11-27-14)13-25-18-10-4-1-7-15(18)20-21(25)24-17-9-3-2-8-16(17)23-20/h1-11H,12-13H2,(H,22,26). The van der Waals surface area contributed by atoms with Crippen LogP contribution in [0.1, 0.15) is 5.76 Å². The molecule has 1 N–H and O–H groups in total. The van der Waals surface area contributed by atoms with Crippen molar-refractivity contribution in [2.24, 2.45) is 0 Å². The van der Waals surface area contributed by atoms with E-state index in [1.54, 1.807) is 12.3 Å². The molecule has 0 saturated carbocycles. The highest BCUT2D eigenvalue weighted by Crippen LogP contribution is 2.27. The van der Waals surface area contributed by atoms with Crippen LogP contribution in [0.4, 0.5) is 0 Å². The van der Waals surface area contributed by atoms with Gasteiger partial charge >= 0.3 is 0 Å². The quantitative estimate of drug-likeness (QED) is 0.533. The van der Waals surface area contributed by atoms with Gasteiger partial charge in [0.1, 0.15) is 17.8 Å². The first kappa shape index (κ1) is 15.6. The van der Waals surface area contributed by atoms with E-state index in [0.717, 1.165) is 33.2 Å². The lowest BCUT2D eigenvalue weighted by atomic mass is 10.2. The third kappa shape index (κ3) is 2.71. The van der Waals surface area contributed by atoms with Crippen molar-refractivity contribution in [1.82, 2.24) is 19.9 Å². The Kier molecular flexibility index (Phi) is 3.60. The van der Waals surface area contributed by atoms with E-state index in [1.165, 1.54) is 0 Å². The number of rotatable bonds is 4. The first-order chi connectivity index (χ1) is 13.3. The van der Waals surface area contributed by atoms with Crippen molar-refractivity contribution >= 4 is 39.0 Å². The van der Waals surface area contributed by atoms with Gasteiger partial charge in [-0.15, -0.1) is 0 Å². The third-order valence-electron chi connectivity index (χ3n) is 4.60. The zero-order valence-electron chi connectivity index (χ0n) is 14.4. The Morgan fingerprint density at radius 3 is 2.56 bits per heavy atom. The van der Waals surface area contributed by atoms with Crippen molar-refractivity contribution in [3.8, 4) is 0 Å². The van der Waals surface area contributed by atoms with Crippen LogP contribution in [0.5, 0.6) is 0 Å². The first-order valence-corrected chi connectivity index (χ1v) is 8.72. The molecular formula is C21H16N4O2. The van der Waals surface area contributed by atoms with E-state index in [4.69, 9.17) is 14.4 Å². The van der Waals surface area contributed by atoms with Crippen LogP contribution < -0.4 is 5.32 Å². The van der Waals surface area contributed by atoms with E-state index in [9.17, 15) is 4.79 Å². The minimum absolute atomic E-state index is 0.107. The maximum Gasteiger partial charge on any atom is 0.240 e. The summed E-state index contributed by atoms with van der Waals surface area (Å²) in [5, 5.41) is 3.88. The Bertz CT molecular complexity index is 1270. The molecule has 0 unspecified atom stereocenters. The van der Waals surface area contributed by atoms with Gasteiger partial charge in [-0.05, 0) is 30.3 Å². The summed E-state index contributed by atoms with van der Waals surface area (Å²) in [6.45, 7) is 0.523. The van der Waals surface area contributed by atoms with Crippen molar-refractivity contribution in [2.45, 2.75) is 13.1 Å². The molecule has 3 aromatic heterocycles. The lowest BCUT2D eigenvalue weighted by Crippen LogP contribution is -2.27. The highest BCUT2D eigenvalue weighted by Gasteiger charge is 2.16. The molecule has 5 rings (SSSR count). The lowest BCUT2D eigenvalue weighted by Gasteiger charge is -2.07. The number of nitrogens with one attached hydrogen (secondary N) is 1. The van der Waals surface area contributed by atoms with Crippen LogP contribution >= 0.6 is 0 Å². The highest BCUT2D eigenvalue weighted by molar-refractivity contribution is 6.07. The molecule has 6 heteroatoms. The number of hydrogen-bond donors (Lipinski definition) is 1. The average molecular weight is 356 g/mol. The van der Waals surface area contributed by atoms with Crippen LogP contribution in [0.15, 0.2) is 71.3 Å². The van der Waals surface area contributed by atoms with Gasteiger partial charge in [-0.25, -0.2) is 9.97 Å². The van der Waals surface area contributed by atoms with Gasteiger partial charge in [0.15, 0.2) is 5.65 Å². The maximum atomic E-state index is 12.5. The maximum absolute atomic E-state index is 12.5. The Morgan fingerprint density at radius 1 is 0.963 bits per heavy atom. The molecular weight excluding hydrogens is 340 g/mol. The summed E-state index contributed by atoms with van der Waals surface area (Å²) in [7, 11) is 0. The molecule has 0 radical (unpaired) electrons. The van der Waals surface area contributed by atoms with Gasteiger partial charge in [-0.3, -0.25) is 4.79 Å². The minimum atomic E-state index is -0.107. The second-order valence-electron chi connectivity index (χ2n) is 6.34. The molecule has 132 valence electrons. The molecule has 0 saturated heterocycles. The van der Waals surface area contributed by atoms with E-state index < -0.39 is 0 Å². The van der Waals surface area contributed by atoms with Gasteiger partial charge in [-0.2, -0.15) is 0 Å². The Labute approximate surface area is 154 Å². The van der Waals surface area contributed by atoms with Crippen molar-refractivity contribution in [1.29, 1.82) is 0 Å². The number of fused-ring (bicyclic) bond motifs is 4. The molecule has 0 aliphatic heterocycles. The molecule has 27 heavy (non-hydrogen) atoms. The van der Waals surface area contributed by atoms with Crippen molar-refractivity contribution < 1.29 is 9.21 Å². The fourth-order valence-corrected chi connectivity index (χ4v) is 3.34. The molecule has 0 spiro atoms. The van der Waals surface area contributed by atoms with Crippen LogP contribution in [0.2, 0.25) is 0 Å². The van der Waals surface area contributed by atoms with Crippen molar-refractivity contribution in [2.75, 3.05) is 0 Å². The normalized spacial score (nSPS) is 11.4. The Hall–Kier alpha value is -3.67. The largest absolute Gasteiger partial charge is 0.467 e. The third-order valence-corrected chi connectivity index (χ3v) is 4.60. The van der Waals surface area contributed by atoms with Crippen LogP contribution in [0, 0.1) is 0 Å². The second kappa shape index (κ2) is 6.25. The summed E-state index contributed by atoms with van der Waals surface area (Å²) in [5.41, 5.74) is 4.11. The van der Waals surface area contributed by atoms with Crippen molar-refractivity contribution in [3.05, 3.63) is 72.7 Å². The molecule has 5 aromatic rings. The summed E-state index contributed by atoms with van der Waals surface area (Å²) in [5.74, 6) is 0.611. The van der Waals surface area contributed by atoms with E-state index in [1.807, 2.05) is 59.2 Å². The Balaban J connectivity index is 1.59. The molecule has 0 bridgehead atoms. The monoisotopic (exact) mass is 356 g/mol. The predicted octanol–water partition coefficient (Wildman–Crippen LogP) is 3.65. The number of aromatic nitrogens is 3. The molecule has 0 atom stereocenters. The van der Waals surface area contributed by atoms with E-state index in [2.05, 4.69) is 5.32 Å². The zero-order chi connectivity index (χ0) is 18.2. The van der Waals surface area contributed by atoms with Gasteiger partial charge in [0.05, 0.1) is 29.4 Å². The summed E-state index contributed by atoms with van der Waals surface area (Å²) in [6.07, 6.45) is 1.59. The average Bonchev–Trinajstić information content (AvgIpc) is 3.32. The zero-order valence-corrected chi connectivity index (χ0v) is 14.4. The molecule has 6 nitrogen and oxygen atoms in total. The van der Waals surface area contributed by atoms with Crippen molar-refractivity contribution in [3.63, 3.8) is 0 Å². The number of carbonyl (C=O) groups is 1. The molecule has 3 heterocycles. The van der Waals surface area contributed by atoms with Crippen LogP contribution in [0.25, 0.3) is 33.1 Å². The molecule has 0 aliphatic rings. The topological polar surface area (TPSA) is 73.0 Å². The SMILES string of the molecule is O=C(Cn1c2ccccc2c2nc3ccccc3nc21)NCc1ccco1. The fourth-order valence-electron chi connectivity index (χ4n) is 3.34. The molecule has 0 aliphatic carbocycles. The van der Waals surface area contributed by atoms with Crippen LogP contribution in [-0.2, 0) is 17.9 Å². The molecule has 0 fully saturated rings. The fraction of sp³-hybridized carbons (Fsp3) is 0.0952.